The van der Waals surface area contributed by atoms with E-state index in [-0.39, 0.29) is 11.8 Å². The Bertz CT molecular complexity index is 290. The van der Waals surface area contributed by atoms with Gasteiger partial charge in [0.1, 0.15) is 0 Å². The van der Waals surface area contributed by atoms with Crippen molar-refractivity contribution in [2.45, 2.75) is 70.4 Å². The van der Waals surface area contributed by atoms with Crippen molar-refractivity contribution >= 4 is 5.91 Å². The fourth-order valence-corrected chi connectivity index (χ4v) is 3.28. The lowest BCUT2D eigenvalue weighted by Gasteiger charge is -2.27. The average Bonchev–Trinajstić information content (AvgIpc) is 2.48. The third kappa shape index (κ3) is 5.41. The van der Waals surface area contributed by atoms with E-state index in [0.717, 1.165) is 39.0 Å². The summed E-state index contributed by atoms with van der Waals surface area (Å²) >= 11 is 0. The molecule has 1 saturated heterocycles. The van der Waals surface area contributed by atoms with E-state index in [1.165, 1.54) is 32.1 Å². The van der Waals surface area contributed by atoms with Crippen molar-refractivity contribution in [3.63, 3.8) is 0 Å². The molecule has 116 valence electrons. The minimum absolute atomic E-state index is 0.200. The van der Waals surface area contributed by atoms with E-state index in [2.05, 4.69) is 17.6 Å². The Kier molecular flexibility index (Phi) is 6.80. The summed E-state index contributed by atoms with van der Waals surface area (Å²) < 4.78 is 5.87. The molecule has 0 radical (unpaired) electrons. The lowest BCUT2D eigenvalue weighted by atomic mass is 9.92. The predicted octanol–water partition coefficient (Wildman–Crippen LogP) is 2.23. The van der Waals surface area contributed by atoms with Crippen LogP contribution in [0.4, 0.5) is 0 Å². The van der Waals surface area contributed by atoms with Gasteiger partial charge >= 0.3 is 0 Å². The first-order valence-corrected chi connectivity index (χ1v) is 8.38. The maximum atomic E-state index is 12.0. The molecule has 1 heterocycles. The highest BCUT2D eigenvalue weighted by molar-refractivity contribution is 5.78. The highest BCUT2D eigenvalue weighted by atomic mass is 16.5. The molecule has 2 fully saturated rings. The second kappa shape index (κ2) is 8.63. The smallest absolute Gasteiger partial charge is 0.223 e. The fourth-order valence-electron chi connectivity index (χ4n) is 3.28. The molecule has 2 N–H and O–H groups in total. The predicted molar refractivity (Wildman–Crippen MR) is 80.6 cm³/mol. The van der Waals surface area contributed by atoms with E-state index in [1.807, 2.05) is 0 Å². The number of ether oxygens (including phenoxy) is 1. The molecule has 2 rings (SSSR count). The van der Waals surface area contributed by atoms with Crippen LogP contribution in [-0.4, -0.2) is 37.7 Å². The molecular formula is C16H30N2O2. The maximum absolute atomic E-state index is 12.0. The summed E-state index contributed by atoms with van der Waals surface area (Å²) in [6.45, 7) is 4.65. The first-order valence-electron chi connectivity index (χ1n) is 8.38. The van der Waals surface area contributed by atoms with Crippen LogP contribution in [0.25, 0.3) is 0 Å². The Morgan fingerprint density at radius 3 is 2.80 bits per heavy atom. The molecule has 0 aromatic heterocycles. The van der Waals surface area contributed by atoms with Crippen LogP contribution < -0.4 is 10.6 Å². The van der Waals surface area contributed by atoms with Crippen LogP contribution in [0.3, 0.4) is 0 Å². The van der Waals surface area contributed by atoms with Gasteiger partial charge in [0, 0.05) is 25.1 Å². The first kappa shape index (κ1) is 15.8. The highest BCUT2D eigenvalue weighted by Gasteiger charge is 2.24. The summed E-state index contributed by atoms with van der Waals surface area (Å²) in [7, 11) is 0. The summed E-state index contributed by atoms with van der Waals surface area (Å²) in [5, 5.41) is 6.44. The Morgan fingerprint density at radius 1 is 1.25 bits per heavy atom. The van der Waals surface area contributed by atoms with Gasteiger partial charge in [-0.15, -0.1) is 0 Å². The van der Waals surface area contributed by atoms with Gasteiger partial charge in [-0.05, 0) is 45.6 Å². The van der Waals surface area contributed by atoms with Crippen LogP contribution >= 0.6 is 0 Å². The van der Waals surface area contributed by atoms with Crippen molar-refractivity contribution in [1.29, 1.82) is 0 Å². The largest absolute Gasteiger partial charge is 0.378 e. The molecule has 0 bridgehead atoms. The number of rotatable bonds is 6. The SMILES string of the molecule is CC1CC(C(=O)NCCCOC2CCCCC2)CCN1. The molecule has 1 aliphatic carbocycles. The van der Waals surface area contributed by atoms with Gasteiger partial charge in [-0.1, -0.05) is 19.3 Å². The molecule has 2 aliphatic rings. The Hall–Kier alpha value is -0.610. The Balaban J connectivity index is 1.50. The summed E-state index contributed by atoms with van der Waals surface area (Å²) in [6.07, 6.45) is 9.78. The molecular weight excluding hydrogens is 252 g/mol. The summed E-state index contributed by atoms with van der Waals surface area (Å²) in [6, 6.07) is 0.467. The van der Waals surface area contributed by atoms with E-state index in [4.69, 9.17) is 4.74 Å². The van der Waals surface area contributed by atoms with Crippen molar-refractivity contribution in [2.75, 3.05) is 19.7 Å². The Morgan fingerprint density at radius 2 is 2.05 bits per heavy atom. The normalized spacial score (nSPS) is 28.2. The summed E-state index contributed by atoms with van der Waals surface area (Å²) in [5.74, 6) is 0.432. The van der Waals surface area contributed by atoms with E-state index in [0.29, 0.717) is 12.1 Å². The number of hydrogen-bond acceptors (Lipinski definition) is 3. The molecule has 0 aromatic carbocycles. The third-order valence-corrected chi connectivity index (χ3v) is 4.52. The van der Waals surface area contributed by atoms with Gasteiger partial charge in [0.2, 0.25) is 5.91 Å². The summed E-state index contributed by atoms with van der Waals surface area (Å²) in [4.78, 5) is 12.0. The minimum Gasteiger partial charge on any atom is -0.378 e. The van der Waals surface area contributed by atoms with Crippen LogP contribution in [-0.2, 0) is 9.53 Å². The van der Waals surface area contributed by atoms with Crippen LogP contribution in [0.2, 0.25) is 0 Å². The lowest BCUT2D eigenvalue weighted by Crippen LogP contribution is -2.42. The molecule has 4 nitrogen and oxygen atoms in total. The quantitative estimate of drug-likeness (QED) is 0.735. The number of hydrogen-bond donors (Lipinski definition) is 2. The van der Waals surface area contributed by atoms with Gasteiger partial charge in [-0.3, -0.25) is 4.79 Å². The van der Waals surface area contributed by atoms with Gasteiger partial charge in [0.15, 0.2) is 0 Å². The van der Waals surface area contributed by atoms with E-state index < -0.39 is 0 Å². The van der Waals surface area contributed by atoms with Gasteiger partial charge in [-0.2, -0.15) is 0 Å². The zero-order valence-corrected chi connectivity index (χ0v) is 12.8. The number of piperidine rings is 1. The Labute approximate surface area is 123 Å². The van der Waals surface area contributed by atoms with Gasteiger partial charge in [-0.25, -0.2) is 0 Å². The van der Waals surface area contributed by atoms with Gasteiger partial charge in [0.05, 0.1) is 6.10 Å². The van der Waals surface area contributed by atoms with Crippen molar-refractivity contribution in [3.8, 4) is 0 Å². The van der Waals surface area contributed by atoms with E-state index in [1.54, 1.807) is 0 Å². The van der Waals surface area contributed by atoms with Crippen LogP contribution in [0.5, 0.6) is 0 Å². The lowest BCUT2D eigenvalue weighted by molar-refractivity contribution is -0.126. The van der Waals surface area contributed by atoms with E-state index in [9.17, 15) is 4.79 Å². The highest BCUT2D eigenvalue weighted by Crippen LogP contribution is 2.20. The zero-order chi connectivity index (χ0) is 14.2. The number of carbonyl (C=O) groups excluding carboxylic acids is 1. The minimum atomic E-state index is 0.200. The third-order valence-electron chi connectivity index (χ3n) is 4.52. The molecule has 1 amide bonds. The van der Waals surface area contributed by atoms with Crippen LogP contribution in [0, 0.1) is 5.92 Å². The summed E-state index contributed by atoms with van der Waals surface area (Å²) in [5.41, 5.74) is 0. The van der Waals surface area contributed by atoms with E-state index >= 15 is 0 Å². The molecule has 1 aliphatic heterocycles. The van der Waals surface area contributed by atoms with Crippen molar-refractivity contribution in [2.24, 2.45) is 5.92 Å². The molecule has 2 unspecified atom stereocenters. The topological polar surface area (TPSA) is 50.4 Å². The second-order valence-corrected chi connectivity index (χ2v) is 6.35. The maximum Gasteiger partial charge on any atom is 0.223 e. The second-order valence-electron chi connectivity index (χ2n) is 6.35. The van der Waals surface area contributed by atoms with Gasteiger partial charge in [0.25, 0.3) is 0 Å². The average molecular weight is 282 g/mol. The van der Waals surface area contributed by atoms with Crippen molar-refractivity contribution in [3.05, 3.63) is 0 Å². The fraction of sp³-hybridized carbons (Fsp3) is 0.938. The van der Waals surface area contributed by atoms with Gasteiger partial charge < -0.3 is 15.4 Å². The van der Waals surface area contributed by atoms with Crippen molar-refractivity contribution in [1.82, 2.24) is 10.6 Å². The first-order chi connectivity index (χ1) is 9.75. The number of nitrogens with one attached hydrogen (secondary N) is 2. The monoisotopic (exact) mass is 282 g/mol. The molecule has 20 heavy (non-hydrogen) atoms. The van der Waals surface area contributed by atoms with Crippen molar-refractivity contribution < 1.29 is 9.53 Å². The molecule has 1 saturated carbocycles. The molecule has 4 heteroatoms. The standard InChI is InChI=1S/C16H30N2O2/c1-13-12-14(8-10-17-13)16(19)18-9-5-11-20-15-6-3-2-4-7-15/h13-15,17H,2-12H2,1H3,(H,18,19). The number of carbonyl (C=O) groups is 1. The molecule has 0 aromatic rings. The van der Waals surface area contributed by atoms with Crippen LogP contribution in [0.15, 0.2) is 0 Å². The molecule has 2 atom stereocenters. The zero-order valence-electron chi connectivity index (χ0n) is 12.8. The van der Waals surface area contributed by atoms with Crippen LogP contribution in [0.1, 0.15) is 58.3 Å². The molecule has 0 spiro atoms. The number of amides is 1.